The summed E-state index contributed by atoms with van der Waals surface area (Å²) in [6.45, 7) is 2.75. The smallest absolute Gasteiger partial charge is 0.336 e. The van der Waals surface area contributed by atoms with Crippen LogP contribution in [0.4, 0.5) is 0 Å². The van der Waals surface area contributed by atoms with Crippen LogP contribution in [0, 0.1) is 13.8 Å². The molecular weight excluding hydrogens is 312 g/mol. The Morgan fingerprint density at radius 3 is 2.00 bits per heavy atom. The predicted molar refractivity (Wildman–Crippen MR) is 77.2 cm³/mol. The van der Waals surface area contributed by atoms with Crippen molar-refractivity contribution in [3.05, 3.63) is 40.5 Å². The van der Waals surface area contributed by atoms with Gasteiger partial charge in [-0.05, 0) is 42.5 Å². The van der Waals surface area contributed by atoms with Gasteiger partial charge in [-0.2, -0.15) is 8.42 Å². The molecule has 0 aliphatic rings. The van der Waals surface area contributed by atoms with Crippen LogP contribution in [0.1, 0.15) is 31.8 Å². The maximum atomic E-state index is 11.7. The number of hydrogen-bond acceptors (Lipinski definition) is 4. The molecule has 0 atom stereocenters. The number of carbonyl (C=O) groups is 2. The van der Waals surface area contributed by atoms with Gasteiger partial charge in [-0.15, -0.1) is 0 Å². The molecule has 3 N–H and O–H groups in total. The van der Waals surface area contributed by atoms with Gasteiger partial charge in [0.1, 0.15) is 4.90 Å². The summed E-state index contributed by atoms with van der Waals surface area (Å²) in [5, 5.41) is 18.5. The van der Waals surface area contributed by atoms with Gasteiger partial charge in [0, 0.05) is 5.39 Å². The van der Waals surface area contributed by atoms with Gasteiger partial charge in [-0.1, -0.05) is 6.07 Å². The molecule has 8 heteroatoms. The van der Waals surface area contributed by atoms with Gasteiger partial charge in [-0.25, -0.2) is 9.59 Å². The fourth-order valence-corrected chi connectivity index (χ4v) is 3.51. The van der Waals surface area contributed by atoms with E-state index in [-0.39, 0.29) is 27.5 Å². The van der Waals surface area contributed by atoms with Gasteiger partial charge in [-0.3, -0.25) is 4.55 Å². The normalized spacial score (nSPS) is 11.6. The zero-order valence-corrected chi connectivity index (χ0v) is 12.4. The van der Waals surface area contributed by atoms with E-state index in [1.54, 1.807) is 0 Å². The summed E-state index contributed by atoms with van der Waals surface area (Å²) in [6, 6.07) is 3.67. The number of hydrogen-bond donors (Lipinski definition) is 3. The first-order valence-electron chi connectivity index (χ1n) is 6.06. The molecule has 7 nitrogen and oxygen atoms in total. The number of aryl methyl sites for hydroxylation is 1. The Hall–Kier alpha value is -2.45. The van der Waals surface area contributed by atoms with E-state index in [9.17, 15) is 27.7 Å². The lowest BCUT2D eigenvalue weighted by atomic mass is 9.94. The van der Waals surface area contributed by atoms with Crippen molar-refractivity contribution >= 4 is 32.8 Å². The van der Waals surface area contributed by atoms with E-state index in [1.807, 2.05) is 0 Å². The molecule has 0 bridgehead atoms. The molecule has 2 aromatic carbocycles. The van der Waals surface area contributed by atoms with Gasteiger partial charge in [0.2, 0.25) is 0 Å². The first-order chi connectivity index (χ1) is 10.1. The quantitative estimate of drug-likeness (QED) is 0.737. The lowest BCUT2D eigenvalue weighted by Crippen LogP contribution is -2.11. The second-order valence-corrected chi connectivity index (χ2v) is 6.16. The molecule has 2 rings (SSSR count). The molecule has 0 aliphatic heterocycles. The van der Waals surface area contributed by atoms with E-state index < -0.39 is 27.0 Å². The van der Waals surface area contributed by atoms with Crippen LogP contribution in [0.25, 0.3) is 10.8 Å². The Morgan fingerprint density at radius 1 is 0.955 bits per heavy atom. The first kappa shape index (κ1) is 15.9. The van der Waals surface area contributed by atoms with Crippen LogP contribution in [0.2, 0.25) is 0 Å². The minimum Gasteiger partial charge on any atom is -0.478 e. The summed E-state index contributed by atoms with van der Waals surface area (Å²) >= 11 is 0. The minimum atomic E-state index is -4.73. The Kier molecular flexibility index (Phi) is 3.68. The summed E-state index contributed by atoms with van der Waals surface area (Å²) < 4.78 is 32.7. The molecule has 0 heterocycles. The fraction of sp³-hybridized carbons (Fsp3) is 0.143. The second-order valence-electron chi connectivity index (χ2n) is 4.80. The van der Waals surface area contributed by atoms with Crippen molar-refractivity contribution in [2.45, 2.75) is 18.7 Å². The van der Waals surface area contributed by atoms with Gasteiger partial charge >= 0.3 is 11.9 Å². The average molecular weight is 324 g/mol. The summed E-state index contributed by atoms with van der Waals surface area (Å²) in [5.74, 6) is -2.59. The van der Waals surface area contributed by atoms with Crippen molar-refractivity contribution in [3.8, 4) is 0 Å². The number of rotatable bonds is 3. The molecule has 116 valence electrons. The number of aromatic carboxylic acids is 2. The lowest BCUT2D eigenvalue weighted by Gasteiger charge is -2.15. The molecule has 0 aliphatic carbocycles. The molecule has 0 unspecified atom stereocenters. The standard InChI is InChI=1S/C14H12O7S/c1-6-9-4-3-8(13(15)16)5-10(9)12(22(19,20)21)7(2)11(6)14(17)18/h3-5H,1-2H3,(H,15,16)(H,17,18)(H,19,20,21). The molecule has 2 aromatic rings. The maximum Gasteiger partial charge on any atom is 0.336 e. The largest absolute Gasteiger partial charge is 0.478 e. The van der Waals surface area contributed by atoms with Gasteiger partial charge in [0.05, 0.1) is 11.1 Å². The van der Waals surface area contributed by atoms with Crippen LogP contribution >= 0.6 is 0 Å². The molecular formula is C14H12O7S. The summed E-state index contributed by atoms with van der Waals surface area (Å²) in [5.41, 5.74) is -0.241. The van der Waals surface area contributed by atoms with Crippen molar-refractivity contribution in [1.29, 1.82) is 0 Å². The molecule has 0 saturated heterocycles. The summed E-state index contributed by atoms with van der Waals surface area (Å²) in [7, 11) is -4.73. The zero-order valence-electron chi connectivity index (χ0n) is 11.6. The summed E-state index contributed by atoms with van der Waals surface area (Å²) in [4.78, 5) is 21.8. The Morgan fingerprint density at radius 2 is 1.55 bits per heavy atom. The Labute approximate surface area is 125 Å². The van der Waals surface area contributed by atoms with E-state index in [0.717, 1.165) is 6.07 Å². The number of carboxylic acids is 2. The highest BCUT2D eigenvalue weighted by Gasteiger charge is 2.26. The van der Waals surface area contributed by atoms with Gasteiger partial charge in [0.15, 0.2) is 0 Å². The lowest BCUT2D eigenvalue weighted by molar-refractivity contribution is 0.0684. The molecule has 22 heavy (non-hydrogen) atoms. The third-order valence-corrected chi connectivity index (χ3v) is 4.52. The van der Waals surface area contributed by atoms with Crippen molar-refractivity contribution in [2.24, 2.45) is 0 Å². The monoisotopic (exact) mass is 324 g/mol. The van der Waals surface area contributed by atoms with E-state index in [4.69, 9.17) is 5.11 Å². The molecule has 0 radical (unpaired) electrons. The molecule has 0 fully saturated rings. The highest BCUT2D eigenvalue weighted by Crippen LogP contribution is 2.33. The zero-order chi connectivity index (χ0) is 16.8. The topological polar surface area (TPSA) is 129 Å². The van der Waals surface area contributed by atoms with E-state index in [2.05, 4.69) is 0 Å². The molecule has 0 amide bonds. The maximum absolute atomic E-state index is 11.7. The van der Waals surface area contributed by atoms with Crippen molar-refractivity contribution in [3.63, 3.8) is 0 Å². The Balaban J connectivity index is 3.14. The van der Waals surface area contributed by atoms with Gasteiger partial charge in [0.25, 0.3) is 10.1 Å². The van der Waals surface area contributed by atoms with Crippen LogP contribution in [0.3, 0.4) is 0 Å². The average Bonchev–Trinajstić information content (AvgIpc) is 2.35. The SMILES string of the molecule is Cc1c(C(=O)O)c(C)c2ccc(C(=O)O)cc2c1S(=O)(=O)O. The number of benzene rings is 2. The number of fused-ring (bicyclic) bond motifs is 1. The molecule has 0 aromatic heterocycles. The van der Waals surface area contributed by atoms with E-state index >= 15 is 0 Å². The van der Waals surface area contributed by atoms with E-state index in [0.29, 0.717) is 5.56 Å². The van der Waals surface area contributed by atoms with Crippen LogP contribution < -0.4 is 0 Å². The van der Waals surface area contributed by atoms with E-state index in [1.165, 1.54) is 26.0 Å². The van der Waals surface area contributed by atoms with Crippen molar-refractivity contribution < 1.29 is 32.8 Å². The van der Waals surface area contributed by atoms with Crippen molar-refractivity contribution in [2.75, 3.05) is 0 Å². The Bertz CT molecular complexity index is 926. The van der Waals surface area contributed by atoms with Crippen molar-refractivity contribution in [1.82, 2.24) is 0 Å². The van der Waals surface area contributed by atoms with Crippen LogP contribution in [0.15, 0.2) is 23.1 Å². The highest BCUT2D eigenvalue weighted by molar-refractivity contribution is 7.86. The third-order valence-electron chi connectivity index (χ3n) is 3.48. The van der Waals surface area contributed by atoms with Crippen LogP contribution in [0.5, 0.6) is 0 Å². The molecule has 0 saturated carbocycles. The highest BCUT2D eigenvalue weighted by atomic mass is 32.2. The minimum absolute atomic E-state index is 0.0256. The van der Waals surface area contributed by atoms with Gasteiger partial charge < -0.3 is 10.2 Å². The molecule has 0 spiro atoms. The predicted octanol–water partition coefficient (Wildman–Crippen LogP) is 2.10. The van der Waals surface area contributed by atoms with Crippen LogP contribution in [-0.4, -0.2) is 35.1 Å². The van der Waals surface area contributed by atoms with Crippen LogP contribution in [-0.2, 0) is 10.1 Å². The fourth-order valence-electron chi connectivity index (χ4n) is 2.58. The third kappa shape index (κ3) is 2.42. The number of carboxylic acid groups (broad SMARTS) is 2. The second kappa shape index (κ2) is 5.08. The first-order valence-corrected chi connectivity index (χ1v) is 7.50. The summed E-state index contributed by atoms with van der Waals surface area (Å²) in [6.07, 6.45) is 0.